The number of fused-ring (bicyclic) bond motifs is 1. The summed E-state index contributed by atoms with van der Waals surface area (Å²) in [7, 11) is -1.64. The molecule has 1 fully saturated rings. The number of ether oxygens (including phenoxy) is 1. The van der Waals surface area contributed by atoms with Gasteiger partial charge in [0.05, 0.1) is 23.8 Å². The van der Waals surface area contributed by atoms with Crippen LogP contribution in [0.1, 0.15) is 29.2 Å². The fourth-order valence-electron chi connectivity index (χ4n) is 3.43. The maximum Gasteiger partial charge on any atom is 0.239 e. The van der Waals surface area contributed by atoms with Gasteiger partial charge in [-0.2, -0.15) is 9.40 Å². The molecule has 6 nitrogen and oxygen atoms in total. The summed E-state index contributed by atoms with van der Waals surface area (Å²) in [6.45, 7) is 1.10. The van der Waals surface area contributed by atoms with Crippen molar-refractivity contribution < 1.29 is 13.2 Å². The van der Waals surface area contributed by atoms with Gasteiger partial charge in [-0.1, -0.05) is 24.3 Å². The van der Waals surface area contributed by atoms with Crippen LogP contribution in [0.4, 0.5) is 0 Å². The van der Waals surface area contributed by atoms with E-state index in [1.54, 1.807) is 15.2 Å². The van der Waals surface area contributed by atoms with Crippen LogP contribution in [0, 0.1) is 0 Å². The minimum atomic E-state index is -3.47. The highest BCUT2D eigenvalue weighted by Crippen LogP contribution is 2.31. The molecule has 132 valence electrons. The van der Waals surface area contributed by atoms with Crippen LogP contribution < -0.4 is 0 Å². The molecule has 7 heteroatoms. The van der Waals surface area contributed by atoms with Gasteiger partial charge in [0.1, 0.15) is 0 Å². The Hall–Kier alpha value is -1.96. The first kappa shape index (κ1) is 16.5. The molecule has 1 aliphatic carbocycles. The number of benzene rings is 1. The van der Waals surface area contributed by atoms with E-state index < -0.39 is 10.0 Å². The van der Waals surface area contributed by atoms with Crippen LogP contribution in [0.2, 0.25) is 0 Å². The largest absolute Gasteiger partial charge is 0.371 e. The third-order valence-corrected chi connectivity index (χ3v) is 6.81. The molecule has 0 bridgehead atoms. The van der Waals surface area contributed by atoms with Crippen LogP contribution in [0.3, 0.4) is 0 Å². The quantitative estimate of drug-likeness (QED) is 0.842. The molecule has 2 aromatic rings. The van der Waals surface area contributed by atoms with E-state index in [0.29, 0.717) is 31.0 Å². The number of nitrogens with zero attached hydrogens (tertiary/aromatic N) is 3. The van der Waals surface area contributed by atoms with Crippen molar-refractivity contribution in [1.29, 1.82) is 0 Å². The second-order valence-electron chi connectivity index (χ2n) is 6.48. The second-order valence-corrected chi connectivity index (χ2v) is 8.47. The van der Waals surface area contributed by atoms with Gasteiger partial charge in [0.25, 0.3) is 0 Å². The van der Waals surface area contributed by atoms with Crippen molar-refractivity contribution in [3.63, 3.8) is 0 Å². The number of aryl methyl sites for hydroxylation is 2. The fraction of sp³-hybridized carbons (Fsp3) is 0.389. The highest BCUT2D eigenvalue weighted by Gasteiger charge is 2.34. The lowest BCUT2D eigenvalue weighted by atomic mass is 9.98. The fourth-order valence-corrected chi connectivity index (χ4v) is 5.04. The molecule has 1 saturated heterocycles. The minimum absolute atomic E-state index is 0.270. The van der Waals surface area contributed by atoms with Gasteiger partial charge in [-0.25, -0.2) is 8.42 Å². The van der Waals surface area contributed by atoms with E-state index in [2.05, 4.69) is 11.2 Å². The van der Waals surface area contributed by atoms with Gasteiger partial charge in [0.15, 0.2) is 0 Å². The summed E-state index contributed by atoms with van der Waals surface area (Å²) in [5.74, 6) is 0. The third kappa shape index (κ3) is 3.15. The van der Waals surface area contributed by atoms with E-state index in [-0.39, 0.29) is 6.10 Å². The van der Waals surface area contributed by atoms with Gasteiger partial charge in [-0.3, -0.25) is 4.68 Å². The standard InChI is InChI=1S/C18H21N3O3S/c1-20-12-16(11-19-20)18-13-21(8-9-24-18)25(22,23)17-7-6-14-4-2-3-5-15(14)10-17/h2-5,10-12,18H,6-9,13H2,1H3/t18-/m0/s1. The van der Waals surface area contributed by atoms with Crippen LogP contribution in [-0.2, 0) is 28.2 Å². The Kier molecular flexibility index (Phi) is 4.23. The summed E-state index contributed by atoms with van der Waals surface area (Å²) in [6, 6.07) is 7.97. The molecule has 1 atom stereocenters. The van der Waals surface area contributed by atoms with E-state index in [0.717, 1.165) is 17.5 Å². The highest BCUT2D eigenvalue weighted by atomic mass is 32.2. The van der Waals surface area contributed by atoms with Gasteiger partial charge >= 0.3 is 0 Å². The van der Waals surface area contributed by atoms with Crippen molar-refractivity contribution in [2.45, 2.75) is 18.9 Å². The smallest absolute Gasteiger partial charge is 0.239 e. The molecule has 2 heterocycles. The Labute approximate surface area is 147 Å². The first-order chi connectivity index (χ1) is 12.0. The lowest BCUT2D eigenvalue weighted by molar-refractivity contribution is -0.00233. The predicted octanol–water partition coefficient (Wildman–Crippen LogP) is 2.11. The summed E-state index contributed by atoms with van der Waals surface area (Å²) in [5, 5.41) is 4.15. The Morgan fingerprint density at radius 3 is 2.88 bits per heavy atom. The molecule has 1 aliphatic heterocycles. The average Bonchev–Trinajstić information content (AvgIpc) is 3.08. The molecule has 0 saturated carbocycles. The number of morpholine rings is 1. The number of allylic oxidation sites excluding steroid dienone is 1. The maximum atomic E-state index is 13.1. The lowest BCUT2D eigenvalue weighted by Crippen LogP contribution is -2.42. The third-order valence-electron chi connectivity index (χ3n) is 4.81. The highest BCUT2D eigenvalue weighted by molar-refractivity contribution is 7.93. The first-order valence-electron chi connectivity index (χ1n) is 8.43. The van der Waals surface area contributed by atoms with Crippen molar-refractivity contribution >= 4 is 16.1 Å². The summed E-state index contributed by atoms with van der Waals surface area (Å²) < 4.78 is 35.2. The Morgan fingerprint density at radius 2 is 2.08 bits per heavy atom. The normalized spacial score (nSPS) is 21.6. The molecule has 0 radical (unpaired) electrons. The van der Waals surface area contributed by atoms with E-state index >= 15 is 0 Å². The number of hydrogen-bond donors (Lipinski definition) is 0. The minimum Gasteiger partial charge on any atom is -0.371 e. The number of aromatic nitrogens is 2. The summed E-state index contributed by atoms with van der Waals surface area (Å²) in [6.07, 6.45) is 6.47. The Morgan fingerprint density at radius 1 is 1.24 bits per heavy atom. The second kappa shape index (κ2) is 6.40. The molecule has 2 aliphatic rings. The summed E-state index contributed by atoms with van der Waals surface area (Å²) in [4.78, 5) is 0.498. The van der Waals surface area contributed by atoms with Crippen molar-refractivity contribution in [2.24, 2.45) is 7.05 Å². The molecule has 25 heavy (non-hydrogen) atoms. The zero-order chi connectivity index (χ0) is 17.4. The topological polar surface area (TPSA) is 64.4 Å². The first-order valence-corrected chi connectivity index (χ1v) is 9.87. The van der Waals surface area contributed by atoms with Crippen LogP contribution in [0.15, 0.2) is 41.6 Å². The number of hydrogen-bond acceptors (Lipinski definition) is 4. The summed E-state index contributed by atoms with van der Waals surface area (Å²) >= 11 is 0. The Bertz CT molecular complexity index is 917. The molecule has 0 unspecified atom stereocenters. The molecule has 1 aromatic carbocycles. The van der Waals surface area contributed by atoms with Crippen molar-refractivity contribution in [3.8, 4) is 0 Å². The SMILES string of the molecule is Cn1cc([C@@H]2CN(S(=O)(=O)C3=Cc4ccccc4CC3)CCO2)cn1. The average molecular weight is 359 g/mol. The molecule has 0 spiro atoms. The maximum absolute atomic E-state index is 13.1. The van der Waals surface area contributed by atoms with E-state index in [1.807, 2.05) is 37.5 Å². The summed E-state index contributed by atoms with van der Waals surface area (Å²) in [5.41, 5.74) is 3.12. The molecule has 0 amide bonds. The van der Waals surface area contributed by atoms with Crippen LogP contribution in [0.5, 0.6) is 0 Å². The van der Waals surface area contributed by atoms with Crippen LogP contribution in [-0.4, -0.2) is 42.2 Å². The number of rotatable bonds is 3. The van der Waals surface area contributed by atoms with Gasteiger partial charge in [0.2, 0.25) is 10.0 Å². The molecule has 1 aromatic heterocycles. The van der Waals surface area contributed by atoms with Gasteiger partial charge in [0, 0.05) is 31.9 Å². The zero-order valence-electron chi connectivity index (χ0n) is 14.1. The van der Waals surface area contributed by atoms with Gasteiger partial charge < -0.3 is 4.74 Å². The molecular formula is C18H21N3O3S. The van der Waals surface area contributed by atoms with E-state index in [4.69, 9.17) is 4.74 Å². The van der Waals surface area contributed by atoms with Gasteiger partial charge in [-0.15, -0.1) is 0 Å². The molecule has 4 rings (SSSR count). The predicted molar refractivity (Wildman–Crippen MR) is 95.1 cm³/mol. The van der Waals surface area contributed by atoms with Gasteiger partial charge in [-0.05, 0) is 30.0 Å². The van der Waals surface area contributed by atoms with Crippen molar-refractivity contribution in [2.75, 3.05) is 19.7 Å². The lowest BCUT2D eigenvalue weighted by Gasteiger charge is -2.33. The van der Waals surface area contributed by atoms with Crippen LogP contribution in [0.25, 0.3) is 6.08 Å². The Balaban J connectivity index is 1.59. The van der Waals surface area contributed by atoms with Crippen molar-refractivity contribution in [1.82, 2.24) is 14.1 Å². The molecule has 0 N–H and O–H groups in total. The zero-order valence-corrected chi connectivity index (χ0v) is 14.9. The van der Waals surface area contributed by atoms with Crippen molar-refractivity contribution in [3.05, 3.63) is 58.3 Å². The monoisotopic (exact) mass is 359 g/mol. The molecular weight excluding hydrogens is 338 g/mol. The van der Waals surface area contributed by atoms with E-state index in [9.17, 15) is 8.42 Å². The van der Waals surface area contributed by atoms with E-state index in [1.165, 1.54) is 5.56 Å². The number of sulfonamides is 1. The van der Waals surface area contributed by atoms with Crippen LogP contribution >= 0.6 is 0 Å².